The minimum absolute atomic E-state index is 0. The molecule has 2 aromatic rings. The Hall–Kier alpha value is -0.996. The van der Waals surface area contributed by atoms with E-state index < -0.39 is 0 Å². The molecule has 2 rings (SSSR count). The standard InChI is InChI=1S/C9H14N3O.C8H9.Y/c1-7-8(2)12(4)9(10-7)5-11(3)6-13;1-7-5-3-4-6-8(7)2;/h5H2,1-4H3;3-5H,1-2H3;/q2*-1;. The van der Waals surface area contributed by atoms with E-state index in [0.717, 1.165) is 17.2 Å². The fourth-order valence-electron chi connectivity index (χ4n) is 1.78. The number of benzene rings is 1. The van der Waals surface area contributed by atoms with Gasteiger partial charge in [-0.3, -0.25) is 0 Å². The van der Waals surface area contributed by atoms with Crippen molar-refractivity contribution in [3.05, 3.63) is 52.6 Å². The second-order valence-corrected chi connectivity index (χ2v) is 5.18. The van der Waals surface area contributed by atoms with E-state index in [1.54, 1.807) is 13.5 Å². The molecular weight excluding hydrogens is 351 g/mol. The summed E-state index contributed by atoms with van der Waals surface area (Å²) in [4.78, 5) is 16.1. The van der Waals surface area contributed by atoms with E-state index in [1.807, 2.05) is 37.6 Å². The predicted molar refractivity (Wildman–Crippen MR) is 84.6 cm³/mol. The van der Waals surface area contributed by atoms with Gasteiger partial charge in [-0.1, -0.05) is 13.8 Å². The zero-order valence-electron chi connectivity index (χ0n) is 14.3. The van der Waals surface area contributed by atoms with E-state index in [1.165, 1.54) is 16.0 Å². The van der Waals surface area contributed by atoms with Crippen molar-refractivity contribution in [2.24, 2.45) is 7.05 Å². The van der Waals surface area contributed by atoms with Crippen LogP contribution in [0.3, 0.4) is 0 Å². The first-order valence-electron chi connectivity index (χ1n) is 6.88. The van der Waals surface area contributed by atoms with Crippen LogP contribution in [-0.4, -0.2) is 27.9 Å². The molecule has 0 spiro atoms. The SMILES string of the molecule is Cc1[c-]cccc1C.Cc1nc(CN(C)[C-]=O)n(C)c1C.[Y]. The van der Waals surface area contributed by atoms with Gasteiger partial charge in [-0.25, -0.2) is 4.98 Å². The number of rotatable bonds is 3. The summed E-state index contributed by atoms with van der Waals surface area (Å²) in [6.07, 6.45) is 1.80. The van der Waals surface area contributed by atoms with Gasteiger partial charge in [-0.2, -0.15) is 41.8 Å². The second kappa shape index (κ2) is 9.91. The third-order valence-corrected chi connectivity index (χ3v) is 3.58. The quantitative estimate of drug-likeness (QED) is 0.612. The van der Waals surface area contributed by atoms with Crippen molar-refractivity contribution >= 4 is 6.41 Å². The maximum absolute atomic E-state index is 10.3. The van der Waals surface area contributed by atoms with E-state index in [2.05, 4.69) is 31.0 Å². The van der Waals surface area contributed by atoms with E-state index in [-0.39, 0.29) is 32.7 Å². The fourth-order valence-corrected chi connectivity index (χ4v) is 1.78. The molecule has 0 aliphatic rings. The summed E-state index contributed by atoms with van der Waals surface area (Å²) < 4.78 is 1.99. The van der Waals surface area contributed by atoms with Crippen molar-refractivity contribution in [2.45, 2.75) is 34.2 Å². The summed E-state index contributed by atoms with van der Waals surface area (Å²) in [5, 5.41) is 0. The third-order valence-electron chi connectivity index (χ3n) is 3.58. The predicted octanol–water partition coefficient (Wildman–Crippen LogP) is 2.64. The Labute approximate surface area is 158 Å². The number of amides is 1. The number of carbonyl (C=O) groups excluding carboxylic acids is 1. The first-order chi connectivity index (χ1) is 9.86. The molecule has 4 nitrogen and oxygen atoms in total. The van der Waals surface area contributed by atoms with Crippen LogP contribution in [-0.2, 0) is 51.1 Å². The van der Waals surface area contributed by atoms with Crippen LogP contribution in [0.1, 0.15) is 28.3 Å². The summed E-state index contributed by atoms with van der Waals surface area (Å²) in [6.45, 7) is 8.63. The van der Waals surface area contributed by atoms with Crippen molar-refractivity contribution < 1.29 is 37.5 Å². The Kier molecular flexibility index (Phi) is 9.46. The minimum Gasteiger partial charge on any atom is -0.520 e. The molecule has 0 bridgehead atoms. The average molecular weight is 374 g/mol. The van der Waals surface area contributed by atoms with Gasteiger partial charge in [0.05, 0.1) is 5.69 Å². The number of aromatic nitrogens is 2. The van der Waals surface area contributed by atoms with E-state index in [0.29, 0.717) is 6.54 Å². The molecule has 117 valence electrons. The second-order valence-electron chi connectivity index (χ2n) is 5.18. The Balaban J connectivity index is 0.000000423. The molecule has 0 atom stereocenters. The topological polar surface area (TPSA) is 38.1 Å². The van der Waals surface area contributed by atoms with Crippen LogP contribution < -0.4 is 0 Å². The molecule has 0 unspecified atom stereocenters. The van der Waals surface area contributed by atoms with Crippen molar-refractivity contribution in [1.82, 2.24) is 14.5 Å². The number of hydrogen-bond donors (Lipinski definition) is 0. The van der Waals surface area contributed by atoms with Crippen molar-refractivity contribution in [2.75, 3.05) is 7.05 Å². The van der Waals surface area contributed by atoms with Gasteiger partial charge in [0.25, 0.3) is 0 Å². The van der Waals surface area contributed by atoms with Crippen LogP contribution in [0, 0.1) is 33.8 Å². The third kappa shape index (κ3) is 6.01. The summed E-state index contributed by atoms with van der Waals surface area (Å²) >= 11 is 0. The maximum Gasteiger partial charge on any atom is 0.125 e. The Morgan fingerprint density at radius 3 is 2.32 bits per heavy atom. The van der Waals surface area contributed by atoms with Crippen LogP contribution in [0.15, 0.2) is 18.2 Å². The fraction of sp³-hybridized carbons (Fsp3) is 0.412. The Morgan fingerprint density at radius 2 is 1.95 bits per heavy atom. The van der Waals surface area contributed by atoms with Gasteiger partial charge >= 0.3 is 0 Å². The molecule has 22 heavy (non-hydrogen) atoms. The molecule has 1 aromatic heterocycles. The average Bonchev–Trinajstić information content (AvgIpc) is 2.70. The molecule has 0 saturated heterocycles. The molecule has 1 radical (unpaired) electrons. The van der Waals surface area contributed by atoms with Gasteiger partial charge in [-0.05, 0) is 20.9 Å². The van der Waals surface area contributed by atoms with Crippen molar-refractivity contribution in [3.8, 4) is 0 Å². The number of imidazole rings is 1. The van der Waals surface area contributed by atoms with Gasteiger partial charge < -0.3 is 14.3 Å². The molecule has 1 aromatic carbocycles. The number of nitrogens with zero attached hydrogens (tertiary/aromatic N) is 3. The smallest absolute Gasteiger partial charge is 0.125 e. The molecule has 1 heterocycles. The van der Waals surface area contributed by atoms with Crippen LogP contribution in [0.25, 0.3) is 0 Å². The van der Waals surface area contributed by atoms with E-state index in [9.17, 15) is 4.79 Å². The molecule has 0 aliphatic carbocycles. The normalized spacial score (nSPS) is 9.36. The van der Waals surface area contributed by atoms with E-state index in [4.69, 9.17) is 0 Å². The molecule has 0 fully saturated rings. The van der Waals surface area contributed by atoms with Crippen LogP contribution in [0.5, 0.6) is 0 Å². The summed E-state index contributed by atoms with van der Waals surface area (Å²) in [6, 6.07) is 9.12. The molecule has 1 amide bonds. The molecule has 0 saturated carbocycles. The first kappa shape index (κ1) is 21.0. The van der Waals surface area contributed by atoms with Crippen LogP contribution in [0.2, 0.25) is 0 Å². The number of hydrogen-bond acceptors (Lipinski definition) is 2. The summed E-state index contributed by atoms with van der Waals surface area (Å²) in [5.74, 6) is 0.890. The van der Waals surface area contributed by atoms with Gasteiger partial charge in [0.2, 0.25) is 0 Å². The van der Waals surface area contributed by atoms with E-state index >= 15 is 0 Å². The van der Waals surface area contributed by atoms with Crippen molar-refractivity contribution in [1.29, 1.82) is 0 Å². The maximum atomic E-state index is 10.3. The zero-order chi connectivity index (χ0) is 16.0. The molecule has 0 aliphatic heterocycles. The van der Waals surface area contributed by atoms with Gasteiger partial charge in [0.15, 0.2) is 0 Å². The summed E-state index contributed by atoms with van der Waals surface area (Å²) in [7, 11) is 3.63. The Bertz CT molecular complexity index is 587. The summed E-state index contributed by atoms with van der Waals surface area (Å²) in [5.41, 5.74) is 4.70. The first-order valence-corrected chi connectivity index (χ1v) is 6.88. The van der Waals surface area contributed by atoms with Gasteiger partial charge in [0, 0.05) is 52.0 Å². The van der Waals surface area contributed by atoms with Crippen molar-refractivity contribution in [3.63, 3.8) is 0 Å². The molecule has 5 heteroatoms. The monoisotopic (exact) mass is 374 g/mol. The zero-order valence-corrected chi connectivity index (χ0v) is 17.1. The molecule has 0 N–H and O–H groups in total. The minimum atomic E-state index is 0. The van der Waals surface area contributed by atoms with Gasteiger partial charge in [0.1, 0.15) is 5.82 Å². The van der Waals surface area contributed by atoms with Crippen LogP contribution in [0.4, 0.5) is 0 Å². The van der Waals surface area contributed by atoms with Crippen LogP contribution >= 0.6 is 0 Å². The van der Waals surface area contributed by atoms with Gasteiger partial charge in [-0.15, -0.1) is 0 Å². The number of aryl methyl sites for hydroxylation is 3. The Morgan fingerprint density at radius 1 is 1.32 bits per heavy atom. The largest absolute Gasteiger partial charge is 0.520 e. The molecular formula is C17H23N3OY-2.